The lowest BCUT2D eigenvalue weighted by Crippen LogP contribution is -2.54. The Bertz CT molecular complexity index is 300. The van der Waals surface area contributed by atoms with Gasteiger partial charge in [0, 0.05) is 38.3 Å². The van der Waals surface area contributed by atoms with E-state index in [1.165, 1.54) is 0 Å². The summed E-state index contributed by atoms with van der Waals surface area (Å²) in [4.78, 5) is 0. The highest BCUT2D eigenvalue weighted by Gasteiger charge is 2.34. The number of rotatable bonds is 4. The average molecular weight is 248 g/mol. The van der Waals surface area contributed by atoms with E-state index in [0.29, 0.717) is 26.2 Å². The van der Waals surface area contributed by atoms with Gasteiger partial charge in [0.05, 0.1) is 0 Å². The molecule has 0 amide bonds. The second-order valence-electron chi connectivity index (χ2n) is 4.60. The lowest BCUT2D eigenvalue weighted by molar-refractivity contribution is 0.256. The summed E-state index contributed by atoms with van der Waals surface area (Å²) in [6, 6.07) is -0.0206. The minimum absolute atomic E-state index is 0.0103. The molecule has 0 spiro atoms. The first-order valence-corrected chi connectivity index (χ1v) is 7.19. The van der Waals surface area contributed by atoms with E-state index < -0.39 is 10.2 Å². The van der Waals surface area contributed by atoms with E-state index in [9.17, 15) is 8.42 Å². The van der Waals surface area contributed by atoms with Crippen LogP contribution in [0, 0.1) is 0 Å². The maximum Gasteiger partial charge on any atom is 0.282 e. The zero-order valence-corrected chi connectivity index (χ0v) is 11.4. The third kappa shape index (κ3) is 2.94. The Morgan fingerprint density at radius 1 is 1.06 bits per heavy atom. The number of hydrogen-bond acceptors (Lipinski definition) is 2. The lowest BCUT2D eigenvalue weighted by atomic mass is 10.3. The van der Waals surface area contributed by atoms with E-state index in [1.54, 1.807) is 8.61 Å². The van der Waals surface area contributed by atoms with Gasteiger partial charge in [-0.3, -0.25) is 0 Å². The molecule has 6 heteroatoms. The molecule has 5 nitrogen and oxygen atoms in total. The predicted octanol–water partition coefficient (Wildman–Crippen LogP) is 0.270. The summed E-state index contributed by atoms with van der Waals surface area (Å²) in [5.74, 6) is 0. The zero-order valence-electron chi connectivity index (χ0n) is 10.5. The Hall–Kier alpha value is -0.170. The van der Waals surface area contributed by atoms with Crippen molar-refractivity contribution in [3.63, 3.8) is 0 Å². The van der Waals surface area contributed by atoms with Crippen LogP contribution in [0.15, 0.2) is 0 Å². The van der Waals surface area contributed by atoms with Crippen LogP contribution in [0.3, 0.4) is 0 Å². The van der Waals surface area contributed by atoms with Gasteiger partial charge in [0.1, 0.15) is 0 Å². The van der Waals surface area contributed by atoms with Crippen LogP contribution in [0.25, 0.3) is 0 Å². The smallest absolute Gasteiger partial charge is 0.239 e. The Kier molecular flexibility index (Phi) is 4.73. The van der Waals surface area contributed by atoms with E-state index in [0.717, 1.165) is 0 Å². The highest BCUT2D eigenvalue weighted by Crippen LogP contribution is 2.16. The van der Waals surface area contributed by atoms with Gasteiger partial charge in [0.15, 0.2) is 0 Å². The van der Waals surface area contributed by atoms with Crippen molar-refractivity contribution in [1.82, 2.24) is 13.9 Å². The molecule has 1 saturated heterocycles. The first-order valence-electron chi connectivity index (χ1n) is 5.79. The van der Waals surface area contributed by atoms with Crippen molar-refractivity contribution in [3.05, 3.63) is 0 Å². The summed E-state index contributed by atoms with van der Waals surface area (Å²) in [7, 11) is -3.32. The summed E-state index contributed by atoms with van der Waals surface area (Å²) < 4.78 is 27.9. The molecule has 1 heterocycles. The standard InChI is InChI=1S/C10H22N3O2S/c1-9(2)13(10(3)4)16(14,15)12-7-5-11-6-8-12/h9-10H,5-8H2,1-4H3. The summed E-state index contributed by atoms with van der Waals surface area (Å²) >= 11 is 0. The molecule has 0 saturated carbocycles. The van der Waals surface area contributed by atoms with Crippen molar-refractivity contribution in [2.24, 2.45) is 0 Å². The van der Waals surface area contributed by atoms with Crippen molar-refractivity contribution in [2.45, 2.75) is 39.8 Å². The SMILES string of the molecule is CC(C)N(C(C)C)S(=O)(=O)N1CC[N]CC1. The first-order chi connectivity index (χ1) is 7.37. The van der Waals surface area contributed by atoms with Crippen molar-refractivity contribution in [2.75, 3.05) is 26.2 Å². The molecule has 95 valence electrons. The monoisotopic (exact) mass is 248 g/mol. The normalized spacial score (nSPS) is 19.9. The second-order valence-corrected chi connectivity index (χ2v) is 6.43. The summed E-state index contributed by atoms with van der Waals surface area (Å²) in [6.07, 6.45) is 0. The van der Waals surface area contributed by atoms with Crippen LogP contribution in [-0.2, 0) is 10.2 Å². The van der Waals surface area contributed by atoms with Crippen LogP contribution in [0.5, 0.6) is 0 Å². The van der Waals surface area contributed by atoms with Crippen LogP contribution < -0.4 is 5.32 Å². The Morgan fingerprint density at radius 3 is 1.88 bits per heavy atom. The van der Waals surface area contributed by atoms with Gasteiger partial charge in [-0.2, -0.15) is 17.0 Å². The minimum Gasteiger partial charge on any atom is -0.239 e. The van der Waals surface area contributed by atoms with Crippen LogP contribution >= 0.6 is 0 Å². The third-order valence-electron chi connectivity index (χ3n) is 2.63. The molecule has 0 unspecified atom stereocenters. The van der Waals surface area contributed by atoms with Gasteiger partial charge in [0.2, 0.25) is 0 Å². The molecular formula is C10H22N3O2S. The van der Waals surface area contributed by atoms with E-state index in [-0.39, 0.29) is 12.1 Å². The molecule has 1 aliphatic rings. The van der Waals surface area contributed by atoms with Crippen molar-refractivity contribution in [1.29, 1.82) is 0 Å². The molecule has 0 bridgehead atoms. The third-order valence-corrected chi connectivity index (χ3v) is 5.02. The number of piperazine rings is 1. The highest BCUT2D eigenvalue weighted by atomic mass is 32.2. The Morgan fingerprint density at radius 2 is 1.50 bits per heavy atom. The summed E-state index contributed by atoms with van der Waals surface area (Å²) in [5.41, 5.74) is 0. The molecule has 0 aliphatic carbocycles. The van der Waals surface area contributed by atoms with E-state index >= 15 is 0 Å². The molecule has 16 heavy (non-hydrogen) atoms. The Balaban J connectivity index is 2.88. The maximum atomic E-state index is 12.4. The molecule has 1 radical (unpaired) electrons. The molecule has 0 aromatic carbocycles. The maximum absolute atomic E-state index is 12.4. The Labute approximate surface area is 99.0 Å². The summed E-state index contributed by atoms with van der Waals surface area (Å²) in [5, 5.41) is 4.17. The van der Waals surface area contributed by atoms with Crippen molar-refractivity contribution >= 4 is 10.2 Å². The van der Waals surface area contributed by atoms with Crippen LogP contribution in [0.4, 0.5) is 0 Å². The second kappa shape index (κ2) is 5.44. The average Bonchev–Trinajstić information content (AvgIpc) is 2.17. The topological polar surface area (TPSA) is 54.7 Å². The van der Waals surface area contributed by atoms with E-state index in [2.05, 4.69) is 5.32 Å². The zero-order chi connectivity index (χ0) is 12.3. The highest BCUT2D eigenvalue weighted by molar-refractivity contribution is 7.86. The molecule has 0 atom stereocenters. The molecule has 1 fully saturated rings. The van der Waals surface area contributed by atoms with Crippen molar-refractivity contribution < 1.29 is 8.42 Å². The van der Waals surface area contributed by atoms with Gasteiger partial charge in [-0.05, 0) is 27.7 Å². The van der Waals surface area contributed by atoms with Gasteiger partial charge in [-0.15, -0.1) is 0 Å². The largest absolute Gasteiger partial charge is 0.282 e. The molecule has 1 aliphatic heterocycles. The fraction of sp³-hybridized carbons (Fsp3) is 1.00. The van der Waals surface area contributed by atoms with Crippen LogP contribution in [0.1, 0.15) is 27.7 Å². The van der Waals surface area contributed by atoms with E-state index in [1.807, 2.05) is 27.7 Å². The van der Waals surface area contributed by atoms with Gasteiger partial charge in [0.25, 0.3) is 10.2 Å². The predicted molar refractivity (Wildman–Crippen MR) is 64.5 cm³/mol. The summed E-state index contributed by atoms with van der Waals surface area (Å²) in [6.45, 7) is 9.89. The molecule has 1 rings (SSSR count). The minimum atomic E-state index is -3.32. The van der Waals surface area contributed by atoms with Gasteiger partial charge < -0.3 is 0 Å². The van der Waals surface area contributed by atoms with Crippen molar-refractivity contribution in [3.8, 4) is 0 Å². The fourth-order valence-corrected chi connectivity index (χ4v) is 4.04. The van der Waals surface area contributed by atoms with Gasteiger partial charge in [-0.25, -0.2) is 5.32 Å². The van der Waals surface area contributed by atoms with Crippen LogP contribution in [-0.4, -0.2) is 55.3 Å². The first kappa shape index (κ1) is 13.9. The van der Waals surface area contributed by atoms with E-state index in [4.69, 9.17) is 0 Å². The van der Waals surface area contributed by atoms with Crippen LogP contribution in [0.2, 0.25) is 0 Å². The van der Waals surface area contributed by atoms with Gasteiger partial charge >= 0.3 is 0 Å². The number of hydrogen-bond donors (Lipinski definition) is 0. The quantitative estimate of drug-likeness (QED) is 0.717. The fourth-order valence-electron chi connectivity index (χ4n) is 2.08. The molecule has 0 aromatic rings. The molecular weight excluding hydrogens is 226 g/mol. The molecule has 0 aromatic heterocycles. The lowest BCUT2D eigenvalue weighted by Gasteiger charge is -2.36. The molecule has 0 N–H and O–H groups in total. The van der Waals surface area contributed by atoms with Gasteiger partial charge in [-0.1, -0.05) is 0 Å². The number of nitrogens with zero attached hydrogens (tertiary/aromatic N) is 3.